The summed E-state index contributed by atoms with van der Waals surface area (Å²) in [6.45, 7) is 0. The van der Waals surface area contributed by atoms with E-state index in [2.05, 4.69) is 0 Å². The highest BCUT2D eigenvalue weighted by Gasteiger charge is 2.82. The van der Waals surface area contributed by atoms with E-state index >= 15 is 0 Å². The standard InChI is InChI=1S/C6H2F9I/c7-4(8,9)3(1-2-16,5(10,11)12)6(13,14)15/h1-2H/b2-1+. The van der Waals surface area contributed by atoms with Gasteiger partial charge in [-0.05, 0) is 10.2 Å². The summed E-state index contributed by atoms with van der Waals surface area (Å²) < 4.78 is 109. The molecule has 96 valence electrons. The van der Waals surface area contributed by atoms with E-state index in [0.29, 0.717) is 0 Å². The van der Waals surface area contributed by atoms with Crippen molar-refractivity contribution in [3.8, 4) is 0 Å². The molecule has 0 fully saturated rings. The number of hydrogen-bond acceptors (Lipinski definition) is 0. The molecule has 0 saturated carbocycles. The number of halogens is 10. The van der Waals surface area contributed by atoms with Crippen molar-refractivity contribution in [2.75, 3.05) is 0 Å². The van der Waals surface area contributed by atoms with E-state index in [-0.39, 0.29) is 4.08 Å². The summed E-state index contributed by atoms with van der Waals surface area (Å²) >= 11 is 0.852. The fourth-order valence-corrected chi connectivity index (χ4v) is 1.40. The minimum atomic E-state index is -6.51. The Morgan fingerprint density at radius 3 is 0.938 bits per heavy atom. The molecule has 0 nitrogen and oxygen atoms in total. The van der Waals surface area contributed by atoms with Gasteiger partial charge in [-0.15, -0.1) is 0 Å². The SMILES string of the molecule is FC(F)(F)C(/C=C/I)(C(F)(F)F)C(F)(F)F. The van der Waals surface area contributed by atoms with Crippen LogP contribution in [0, 0.1) is 5.41 Å². The van der Waals surface area contributed by atoms with Crippen LogP contribution in [0.3, 0.4) is 0 Å². The maximum Gasteiger partial charge on any atom is 0.415 e. The Bertz CT molecular complexity index is 231. The largest absolute Gasteiger partial charge is 0.415 e. The molecule has 0 N–H and O–H groups in total. The van der Waals surface area contributed by atoms with E-state index in [4.69, 9.17) is 0 Å². The molecule has 0 amide bonds. The Morgan fingerprint density at radius 2 is 0.875 bits per heavy atom. The van der Waals surface area contributed by atoms with E-state index in [0.717, 1.165) is 22.6 Å². The summed E-state index contributed by atoms with van der Waals surface area (Å²) in [4.78, 5) is 0. The molecule has 0 aromatic rings. The minimum absolute atomic E-state index is 0.0340. The highest BCUT2D eigenvalue weighted by atomic mass is 127. The van der Waals surface area contributed by atoms with Gasteiger partial charge in [-0.25, -0.2) is 0 Å². The van der Waals surface area contributed by atoms with E-state index < -0.39 is 30.0 Å². The molecule has 0 radical (unpaired) electrons. The van der Waals surface area contributed by atoms with Crippen molar-refractivity contribution < 1.29 is 39.5 Å². The Balaban J connectivity index is 6.04. The van der Waals surface area contributed by atoms with Crippen molar-refractivity contribution in [1.82, 2.24) is 0 Å². The van der Waals surface area contributed by atoms with Gasteiger partial charge in [-0.3, -0.25) is 0 Å². The van der Waals surface area contributed by atoms with E-state index in [9.17, 15) is 39.5 Å². The van der Waals surface area contributed by atoms with E-state index in [1.54, 1.807) is 0 Å². The van der Waals surface area contributed by atoms with Gasteiger partial charge in [0.1, 0.15) is 0 Å². The Labute approximate surface area is 96.6 Å². The second-order valence-electron chi connectivity index (χ2n) is 2.59. The third-order valence-corrected chi connectivity index (χ3v) is 2.01. The molecule has 0 heterocycles. The molecule has 0 saturated heterocycles. The smallest absolute Gasteiger partial charge is 0.169 e. The number of allylic oxidation sites excluding steroid dienone is 1. The first-order valence-corrected chi connectivity index (χ1v) is 4.54. The van der Waals surface area contributed by atoms with Crippen molar-refractivity contribution in [1.29, 1.82) is 0 Å². The predicted molar refractivity (Wildman–Crippen MR) is 43.8 cm³/mol. The zero-order chi connectivity index (χ0) is 13.4. The van der Waals surface area contributed by atoms with Gasteiger partial charge in [0, 0.05) is 0 Å². The summed E-state index contributed by atoms with van der Waals surface area (Å²) in [6, 6.07) is 0. The molecule has 0 rings (SSSR count). The first-order chi connectivity index (χ1) is 6.81. The summed E-state index contributed by atoms with van der Waals surface area (Å²) in [7, 11) is 0. The van der Waals surface area contributed by atoms with Crippen LogP contribution in [-0.2, 0) is 0 Å². The van der Waals surface area contributed by atoms with Gasteiger partial charge >= 0.3 is 18.5 Å². The molecule has 0 bridgehead atoms. The fraction of sp³-hybridized carbons (Fsp3) is 0.667. The van der Waals surface area contributed by atoms with Crippen LogP contribution in [0.1, 0.15) is 0 Å². The quantitative estimate of drug-likeness (QED) is 0.466. The fourth-order valence-electron chi connectivity index (χ4n) is 0.860. The molecule has 0 aromatic heterocycles. The normalized spacial score (nSPS) is 15.9. The average molecular weight is 372 g/mol. The van der Waals surface area contributed by atoms with E-state index in [1.165, 1.54) is 0 Å². The van der Waals surface area contributed by atoms with Crippen LogP contribution in [0.15, 0.2) is 10.2 Å². The third-order valence-electron chi connectivity index (χ3n) is 1.65. The van der Waals surface area contributed by atoms with Gasteiger partial charge in [-0.2, -0.15) is 39.5 Å². The van der Waals surface area contributed by atoms with Gasteiger partial charge in [-0.1, -0.05) is 22.6 Å². The number of alkyl halides is 9. The lowest BCUT2D eigenvalue weighted by Gasteiger charge is -2.35. The summed E-state index contributed by atoms with van der Waals surface area (Å²) in [5, 5.41) is 0. The molecule has 16 heavy (non-hydrogen) atoms. The molecule has 0 spiro atoms. The van der Waals surface area contributed by atoms with Crippen molar-refractivity contribution in [3.63, 3.8) is 0 Å². The Hall–Kier alpha value is -0.160. The first kappa shape index (κ1) is 15.8. The van der Waals surface area contributed by atoms with Crippen LogP contribution < -0.4 is 0 Å². The van der Waals surface area contributed by atoms with Gasteiger partial charge in [0.05, 0.1) is 0 Å². The zero-order valence-electron chi connectivity index (χ0n) is 6.93. The third kappa shape index (κ3) is 2.40. The van der Waals surface area contributed by atoms with Gasteiger partial charge in [0.25, 0.3) is 5.41 Å². The highest BCUT2D eigenvalue weighted by molar-refractivity contribution is 14.1. The average Bonchev–Trinajstić information content (AvgIpc) is 1.91. The van der Waals surface area contributed by atoms with Gasteiger partial charge in [0.15, 0.2) is 0 Å². The maximum absolute atomic E-state index is 12.1. The predicted octanol–water partition coefficient (Wildman–Crippen LogP) is 4.61. The number of rotatable bonds is 1. The molecular weight excluding hydrogens is 370 g/mol. The summed E-state index contributed by atoms with van der Waals surface area (Å²) in [5.74, 6) is 0. The van der Waals surface area contributed by atoms with Crippen molar-refractivity contribution in [2.24, 2.45) is 5.41 Å². The van der Waals surface area contributed by atoms with Crippen LogP contribution in [0.5, 0.6) is 0 Å². The van der Waals surface area contributed by atoms with Crippen LogP contribution in [0.25, 0.3) is 0 Å². The highest BCUT2D eigenvalue weighted by Crippen LogP contribution is 2.60. The number of hydrogen-bond donors (Lipinski definition) is 0. The molecule has 0 aromatic carbocycles. The lowest BCUT2D eigenvalue weighted by molar-refractivity contribution is -0.406. The van der Waals surface area contributed by atoms with Crippen molar-refractivity contribution >= 4 is 22.6 Å². The lowest BCUT2D eigenvalue weighted by Crippen LogP contribution is -2.58. The van der Waals surface area contributed by atoms with Crippen molar-refractivity contribution in [3.05, 3.63) is 10.2 Å². The topological polar surface area (TPSA) is 0 Å². The van der Waals surface area contributed by atoms with Gasteiger partial charge < -0.3 is 0 Å². The second-order valence-corrected chi connectivity index (χ2v) is 3.31. The van der Waals surface area contributed by atoms with Gasteiger partial charge in [0.2, 0.25) is 0 Å². The molecule has 0 aliphatic rings. The van der Waals surface area contributed by atoms with Crippen LogP contribution in [0.4, 0.5) is 39.5 Å². The summed E-state index contributed by atoms with van der Waals surface area (Å²) in [5.41, 5.74) is -5.83. The molecule has 0 unspecified atom stereocenters. The van der Waals surface area contributed by atoms with Crippen LogP contribution in [-0.4, -0.2) is 18.5 Å². The maximum atomic E-state index is 12.1. The second kappa shape index (κ2) is 4.26. The van der Waals surface area contributed by atoms with Crippen molar-refractivity contribution in [2.45, 2.75) is 18.5 Å². The zero-order valence-corrected chi connectivity index (χ0v) is 9.09. The molecule has 0 aliphatic heterocycles. The monoisotopic (exact) mass is 372 g/mol. The van der Waals surface area contributed by atoms with Crippen LogP contribution in [0.2, 0.25) is 0 Å². The Morgan fingerprint density at radius 1 is 0.625 bits per heavy atom. The molecular formula is C6H2F9I. The van der Waals surface area contributed by atoms with E-state index in [1.807, 2.05) is 0 Å². The lowest BCUT2D eigenvalue weighted by atomic mass is 9.85. The molecule has 0 atom stereocenters. The van der Waals surface area contributed by atoms with Crippen LogP contribution >= 0.6 is 22.6 Å². The molecule has 0 aliphatic carbocycles. The Kier molecular flexibility index (Phi) is 4.21. The summed E-state index contributed by atoms with van der Waals surface area (Å²) in [6.07, 6.45) is -20.5. The minimum Gasteiger partial charge on any atom is -0.169 e. The molecule has 10 heteroatoms. The first-order valence-electron chi connectivity index (χ1n) is 3.29.